The smallest absolute Gasteiger partial charge is 0.230 e. The largest absolute Gasteiger partial charge is 0.365 e. The Labute approximate surface area is 231 Å². The van der Waals surface area contributed by atoms with E-state index in [0.717, 1.165) is 59.5 Å². The summed E-state index contributed by atoms with van der Waals surface area (Å²) >= 11 is 0. The summed E-state index contributed by atoms with van der Waals surface area (Å²) in [7, 11) is 3.90. The summed E-state index contributed by atoms with van der Waals surface area (Å²) in [5, 5.41) is 7.89. The second-order valence-electron chi connectivity index (χ2n) is 10.7. The Kier molecular flexibility index (Phi) is 8.07. The zero-order chi connectivity index (χ0) is 27.4. The molecule has 0 bridgehead atoms. The third kappa shape index (κ3) is 6.37. The average molecular weight is 523 g/mol. The molecule has 5 rings (SSSR count). The van der Waals surface area contributed by atoms with Crippen LogP contribution in [0.2, 0.25) is 0 Å². The molecule has 39 heavy (non-hydrogen) atoms. The van der Waals surface area contributed by atoms with Crippen LogP contribution < -0.4 is 20.4 Å². The van der Waals surface area contributed by atoms with E-state index in [1.165, 1.54) is 11.1 Å². The third-order valence-electron chi connectivity index (χ3n) is 7.36. The van der Waals surface area contributed by atoms with E-state index in [1.54, 1.807) is 0 Å². The van der Waals surface area contributed by atoms with Crippen molar-refractivity contribution in [3.8, 4) is 0 Å². The molecule has 2 N–H and O–H groups in total. The summed E-state index contributed by atoms with van der Waals surface area (Å²) < 4.78 is 0. The molecule has 0 saturated carbocycles. The lowest BCUT2D eigenvalue weighted by Crippen LogP contribution is -2.40. The fourth-order valence-corrected chi connectivity index (χ4v) is 5.00. The van der Waals surface area contributed by atoms with Gasteiger partial charge in [-0.15, -0.1) is 0 Å². The molecule has 4 aromatic rings. The van der Waals surface area contributed by atoms with Gasteiger partial charge in [0, 0.05) is 37.6 Å². The topological polar surface area (TPSA) is 73.4 Å². The quantitative estimate of drug-likeness (QED) is 0.320. The zero-order valence-corrected chi connectivity index (χ0v) is 23.4. The van der Waals surface area contributed by atoms with E-state index in [0.29, 0.717) is 19.0 Å². The molecule has 7 nitrogen and oxygen atoms in total. The molecule has 202 valence electrons. The van der Waals surface area contributed by atoms with Gasteiger partial charge >= 0.3 is 0 Å². The number of carbonyl (C=O) groups excluding carboxylic acids is 1. The Balaban J connectivity index is 1.36. The van der Waals surface area contributed by atoms with Crippen LogP contribution in [-0.4, -0.2) is 43.1 Å². The predicted molar refractivity (Wildman–Crippen MR) is 160 cm³/mol. The Morgan fingerprint density at radius 3 is 2.26 bits per heavy atom. The number of piperidine rings is 1. The van der Waals surface area contributed by atoms with Crippen molar-refractivity contribution in [1.29, 1.82) is 0 Å². The highest BCUT2D eigenvalue weighted by atomic mass is 16.2. The summed E-state index contributed by atoms with van der Waals surface area (Å²) in [6.07, 6.45) is 1.76. The molecule has 1 aliphatic heterocycles. The molecule has 0 unspecified atom stereocenters. The molecule has 3 aromatic carbocycles. The van der Waals surface area contributed by atoms with Crippen LogP contribution in [0.5, 0.6) is 0 Å². The molecular formula is C32H38N6O. The molecule has 0 aliphatic carbocycles. The maximum absolute atomic E-state index is 13.7. The van der Waals surface area contributed by atoms with Crippen molar-refractivity contribution in [3.05, 3.63) is 89.0 Å². The average Bonchev–Trinajstić information content (AvgIpc) is 2.95. The minimum Gasteiger partial charge on any atom is -0.365 e. The maximum atomic E-state index is 13.7. The molecule has 1 aliphatic rings. The molecule has 0 atom stereocenters. The zero-order valence-electron chi connectivity index (χ0n) is 23.4. The number of nitrogens with zero attached hydrogens (tertiary/aromatic N) is 4. The summed E-state index contributed by atoms with van der Waals surface area (Å²) in [5.74, 6) is 1.75. The summed E-state index contributed by atoms with van der Waals surface area (Å²) in [6, 6.07) is 23.0. The van der Waals surface area contributed by atoms with Gasteiger partial charge in [-0.25, -0.2) is 4.98 Å². The number of amides is 1. The van der Waals surface area contributed by atoms with Gasteiger partial charge < -0.3 is 20.4 Å². The summed E-state index contributed by atoms with van der Waals surface area (Å²) in [6.45, 7) is 7.14. The van der Waals surface area contributed by atoms with Crippen molar-refractivity contribution in [2.24, 2.45) is 5.92 Å². The number of benzene rings is 3. The van der Waals surface area contributed by atoms with Gasteiger partial charge in [-0.05, 0) is 80.7 Å². The van der Waals surface area contributed by atoms with Gasteiger partial charge in [0.25, 0.3) is 0 Å². The third-order valence-corrected chi connectivity index (χ3v) is 7.36. The number of anilines is 3. The fourth-order valence-electron chi connectivity index (χ4n) is 5.00. The van der Waals surface area contributed by atoms with Crippen LogP contribution in [0.25, 0.3) is 10.9 Å². The first-order chi connectivity index (χ1) is 18.9. The number of hydrogen-bond acceptors (Lipinski definition) is 6. The van der Waals surface area contributed by atoms with Crippen molar-refractivity contribution >= 4 is 34.3 Å². The number of aryl methyl sites for hydroxylation is 2. The second-order valence-corrected chi connectivity index (χ2v) is 10.7. The van der Waals surface area contributed by atoms with Gasteiger partial charge in [-0.3, -0.25) is 4.79 Å². The van der Waals surface area contributed by atoms with E-state index in [-0.39, 0.29) is 11.8 Å². The van der Waals surface area contributed by atoms with Gasteiger partial charge in [-0.1, -0.05) is 48.0 Å². The van der Waals surface area contributed by atoms with Crippen molar-refractivity contribution < 1.29 is 4.79 Å². The van der Waals surface area contributed by atoms with E-state index in [2.05, 4.69) is 91.2 Å². The first-order valence-electron chi connectivity index (χ1n) is 13.7. The molecule has 0 radical (unpaired) electrons. The Bertz CT molecular complexity index is 1430. The van der Waals surface area contributed by atoms with Gasteiger partial charge in [-0.2, -0.15) is 4.98 Å². The highest BCUT2D eigenvalue weighted by molar-refractivity contribution is 5.95. The Morgan fingerprint density at radius 1 is 0.897 bits per heavy atom. The first-order valence-corrected chi connectivity index (χ1v) is 13.7. The second kappa shape index (κ2) is 11.8. The number of hydrogen-bond donors (Lipinski definition) is 2. The predicted octanol–water partition coefficient (Wildman–Crippen LogP) is 5.46. The van der Waals surface area contributed by atoms with Crippen molar-refractivity contribution in [2.45, 2.75) is 39.8 Å². The summed E-state index contributed by atoms with van der Waals surface area (Å²) in [5.41, 5.74) is 6.50. The van der Waals surface area contributed by atoms with Crippen LogP contribution in [0.15, 0.2) is 66.7 Å². The highest BCUT2D eigenvalue weighted by Gasteiger charge is 2.27. The van der Waals surface area contributed by atoms with Crippen LogP contribution >= 0.6 is 0 Å². The number of rotatable bonds is 8. The molecule has 0 spiro atoms. The molecule has 7 heteroatoms. The van der Waals surface area contributed by atoms with E-state index in [9.17, 15) is 4.79 Å². The van der Waals surface area contributed by atoms with E-state index in [1.807, 2.05) is 23.9 Å². The Morgan fingerprint density at radius 2 is 1.56 bits per heavy atom. The van der Waals surface area contributed by atoms with Crippen LogP contribution in [-0.2, 0) is 17.9 Å². The molecule has 1 saturated heterocycles. The lowest BCUT2D eigenvalue weighted by molar-refractivity contribution is -0.123. The number of nitrogens with one attached hydrogen (secondary N) is 2. The van der Waals surface area contributed by atoms with Crippen molar-refractivity contribution in [2.75, 3.05) is 42.3 Å². The monoisotopic (exact) mass is 522 g/mol. The maximum Gasteiger partial charge on any atom is 0.230 e. The normalized spacial score (nSPS) is 13.8. The lowest BCUT2D eigenvalue weighted by Gasteiger charge is -2.30. The minimum atomic E-state index is 0.0543. The molecular weight excluding hydrogens is 484 g/mol. The molecule has 2 heterocycles. The molecule has 1 aromatic heterocycles. The van der Waals surface area contributed by atoms with Gasteiger partial charge in [0.05, 0.1) is 12.1 Å². The fraction of sp³-hybridized carbons (Fsp3) is 0.344. The van der Waals surface area contributed by atoms with Crippen LogP contribution in [0.3, 0.4) is 0 Å². The lowest BCUT2D eigenvalue weighted by atomic mass is 9.96. The summed E-state index contributed by atoms with van der Waals surface area (Å²) in [4.78, 5) is 27.0. The number of aromatic nitrogens is 2. The minimum absolute atomic E-state index is 0.0543. The van der Waals surface area contributed by atoms with Crippen LogP contribution in [0.4, 0.5) is 17.5 Å². The molecule has 1 amide bonds. The SMILES string of the molecule is Cc1ccc(CN(C(=O)C2CCNCC2)c2ccc(CNc3nc(N(C)C)nc4cc(C)ccc34)cc2)cc1. The first kappa shape index (κ1) is 26.6. The number of carbonyl (C=O) groups is 1. The van der Waals surface area contributed by atoms with E-state index in [4.69, 9.17) is 9.97 Å². The Hall–Kier alpha value is -3.97. The highest BCUT2D eigenvalue weighted by Crippen LogP contribution is 2.27. The van der Waals surface area contributed by atoms with Gasteiger partial charge in [0.2, 0.25) is 11.9 Å². The van der Waals surface area contributed by atoms with Gasteiger partial charge in [0.15, 0.2) is 0 Å². The number of fused-ring (bicyclic) bond motifs is 1. The van der Waals surface area contributed by atoms with E-state index < -0.39 is 0 Å². The standard InChI is InChI=1S/C32H38N6O/c1-22-5-8-25(9-6-22)21-38(31(39)26-15-17-33-18-16-26)27-12-10-24(11-13-27)20-34-30-28-14-7-23(2)19-29(28)35-32(36-30)37(3)4/h5-14,19,26,33H,15-18,20-21H2,1-4H3,(H,34,35,36). The van der Waals surface area contributed by atoms with Crippen LogP contribution in [0.1, 0.15) is 35.1 Å². The van der Waals surface area contributed by atoms with Crippen LogP contribution in [0, 0.1) is 19.8 Å². The van der Waals surface area contributed by atoms with Crippen molar-refractivity contribution in [1.82, 2.24) is 15.3 Å². The van der Waals surface area contributed by atoms with Gasteiger partial charge in [0.1, 0.15) is 5.82 Å². The van der Waals surface area contributed by atoms with E-state index >= 15 is 0 Å². The van der Waals surface area contributed by atoms with Crippen molar-refractivity contribution in [3.63, 3.8) is 0 Å². The molecule has 1 fully saturated rings.